The lowest BCUT2D eigenvalue weighted by atomic mass is 9.97. The predicted octanol–water partition coefficient (Wildman–Crippen LogP) is 2.53. The van der Waals surface area contributed by atoms with Gasteiger partial charge in [0.2, 0.25) is 5.95 Å². The molecule has 1 aliphatic heterocycles. The van der Waals surface area contributed by atoms with Crippen LogP contribution in [0.1, 0.15) is 44.5 Å². The number of nitrogens with zero attached hydrogens (tertiary/aromatic N) is 7. The van der Waals surface area contributed by atoms with Crippen LogP contribution in [-0.4, -0.2) is 60.8 Å². The molecule has 0 amide bonds. The first kappa shape index (κ1) is 21.4. The quantitative estimate of drug-likeness (QED) is 0.472. The van der Waals surface area contributed by atoms with Gasteiger partial charge in [-0.2, -0.15) is 9.61 Å². The number of aromatic nitrogens is 6. The number of fused-ring (bicyclic) bond motifs is 3. The number of hydrogen-bond donors (Lipinski definition) is 2. The molecule has 3 atom stereocenters. The standard InChI is InChI=1S/C22H27FN8O2/c1-12(13(2)32)30-11-15(9-25-30)29-6-4-5-14(10-29)20-27-21-16-7-17(23)19(33-3)8-18(16)26-22(24)31(21)28-20/h7-9,11-14,32H,4-6,10H2,1-3H3,(H2,24,26)/t12-,13-,14-/m1/s1. The van der Waals surface area contributed by atoms with Crippen molar-refractivity contribution in [3.8, 4) is 5.75 Å². The van der Waals surface area contributed by atoms with E-state index in [0.717, 1.165) is 31.6 Å². The summed E-state index contributed by atoms with van der Waals surface area (Å²) >= 11 is 0. The number of nitrogen functional groups attached to an aromatic ring is 1. The lowest BCUT2D eigenvalue weighted by Gasteiger charge is -2.32. The van der Waals surface area contributed by atoms with Gasteiger partial charge in [-0.25, -0.2) is 14.4 Å². The third kappa shape index (κ3) is 3.71. The number of aliphatic hydroxyl groups excluding tert-OH is 1. The van der Waals surface area contributed by atoms with Crippen molar-refractivity contribution < 1.29 is 14.2 Å². The molecule has 33 heavy (non-hydrogen) atoms. The van der Waals surface area contributed by atoms with Gasteiger partial charge in [-0.15, -0.1) is 5.10 Å². The number of benzene rings is 1. The lowest BCUT2D eigenvalue weighted by molar-refractivity contribution is 0.132. The molecule has 0 saturated carbocycles. The van der Waals surface area contributed by atoms with Gasteiger partial charge in [-0.05, 0) is 32.8 Å². The Balaban J connectivity index is 1.47. The van der Waals surface area contributed by atoms with Crippen LogP contribution in [0.3, 0.4) is 0 Å². The van der Waals surface area contributed by atoms with Crippen LogP contribution < -0.4 is 15.4 Å². The van der Waals surface area contributed by atoms with E-state index in [2.05, 4.69) is 20.1 Å². The minimum Gasteiger partial charge on any atom is -0.494 e. The molecular formula is C22H27FN8O2. The Hall–Kier alpha value is -3.47. The molecule has 0 spiro atoms. The van der Waals surface area contributed by atoms with Gasteiger partial charge in [0.25, 0.3) is 0 Å². The van der Waals surface area contributed by atoms with Gasteiger partial charge in [0.05, 0.1) is 36.7 Å². The summed E-state index contributed by atoms with van der Waals surface area (Å²) < 4.78 is 22.7. The maximum Gasteiger partial charge on any atom is 0.223 e. The van der Waals surface area contributed by atoms with Gasteiger partial charge in [-0.3, -0.25) is 4.68 Å². The van der Waals surface area contributed by atoms with E-state index in [4.69, 9.17) is 15.5 Å². The van der Waals surface area contributed by atoms with E-state index in [1.807, 2.05) is 19.3 Å². The fraction of sp³-hybridized carbons (Fsp3) is 0.455. The molecule has 0 bridgehead atoms. The average molecular weight is 455 g/mol. The largest absolute Gasteiger partial charge is 0.494 e. The molecule has 10 nitrogen and oxygen atoms in total. The minimum absolute atomic E-state index is 0.0775. The van der Waals surface area contributed by atoms with E-state index < -0.39 is 11.9 Å². The molecule has 3 aromatic heterocycles. The zero-order chi connectivity index (χ0) is 23.3. The Bertz CT molecular complexity index is 1320. The number of hydrogen-bond acceptors (Lipinski definition) is 8. The monoisotopic (exact) mass is 454 g/mol. The number of halogens is 1. The van der Waals surface area contributed by atoms with Gasteiger partial charge < -0.3 is 20.5 Å². The van der Waals surface area contributed by atoms with Gasteiger partial charge >= 0.3 is 0 Å². The van der Waals surface area contributed by atoms with Crippen LogP contribution in [0.5, 0.6) is 5.75 Å². The van der Waals surface area contributed by atoms with E-state index in [0.29, 0.717) is 22.4 Å². The number of piperidine rings is 1. The highest BCUT2D eigenvalue weighted by Crippen LogP contribution is 2.31. The van der Waals surface area contributed by atoms with Crippen molar-refractivity contribution in [2.45, 2.75) is 44.8 Å². The lowest BCUT2D eigenvalue weighted by Crippen LogP contribution is -2.34. The third-order valence-corrected chi connectivity index (χ3v) is 6.44. The van der Waals surface area contributed by atoms with E-state index in [1.165, 1.54) is 23.8 Å². The second-order valence-corrected chi connectivity index (χ2v) is 8.62. The highest BCUT2D eigenvalue weighted by atomic mass is 19.1. The Morgan fingerprint density at radius 1 is 1.27 bits per heavy atom. The van der Waals surface area contributed by atoms with Gasteiger partial charge in [0.1, 0.15) is 0 Å². The first-order valence-electron chi connectivity index (χ1n) is 11.0. The van der Waals surface area contributed by atoms with Crippen molar-refractivity contribution >= 4 is 28.2 Å². The first-order valence-corrected chi connectivity index (χ1v) is 11.0. The molecule has 0 unspecified atom stereocenters. The third-order valence-electron chi connectivity index (χ3n) is 6.44. The number of methoxy groups -OCH3 is 1. The molecule has 3 N–H and O–H groups in total. The van der Waals surface area contributed by atoms with Crippen LogP contribution in [0.25, 0.3) is 16.6 Å². The molecule has 5 rings (SSSR count). The number of aliphatic hydroxyl groups is 1. The SMILES string of the molecule is COc1cc2nc(N)n3nc([C@@H]4CCCN(c5cnn([C@H](C)[C@@H](C)O)c5)C4)nc3c2cc1F. The number of ether oxygens (including phenoxy) is 1. The maximum atomic E-state index is 14.4. The summed E-state index contributed by atoms with van der Waals surface area (Å²) in [5.74, 6) is 0.531. The Morgan fingerprint density at radius 2 is 2.09 bits per heavy atom. The fourth-order valence-electron chi connectivity index (χ4n) is 4.33. The summed E-state index contributed by atoms with van der Waals surface area (Å²) in [5, 5.41) is 19.4. The molecule has 0 aliphatic carbocycles. The van der Waals surface area contributed by atoms with Crippen molar-refractivity contribution in [3.05, 3.63) is 36.2 Å². The molecule has 1 aliphatic rings. The van der Waals surface area contributed by atoms with Crippen molar-refractivity contribution in [1.29, 1.82) is 0 Å². The van der Waals surface area contributed by atoms with Crippen LogP contribution in [0.15, 0.2) is 24.5 Å². The van der Waals surface area contributed by atoms with Crippen LogP contribution in [0.2, 0.25) is 0 Å². The Kier molecular flexibility index (Phi) is 5.28. The molecule has 11 heteroatoms. The van der Waals surface area contributed by atoms with Crippen molar-refractivity contribution in [2.75, 3.05) is 30.8 Å². The van der Waals surface area contributed by atoms with Gasteiger partial charge in [0, 0.05) is 36.7 Å². The minimum atomic E-state index is -0.493. The molecule has 1 aromatic carbocycles. The summed E-state index contributed by atoms with van der Waals surface area (Å²) in [4.78, 5) is 11.4. The molecule has 4 heterocycles. The van der Waals surface area contributed by atoms with E-state index in [1.54, 1.807) is 11.6 Å². The number of anilines is 2. The molecule has 174 valence electrons. The van der Waals surface area contributed by atoms with Gasteiger partial charge in [-0.1, -0.05) is 0 Å². The average Bonchev–Trinajstić information content (AvgIpc) is 3.47. The zero-order valence-corrected chi connectivity index (χ0v) is 18.8. The van der Waals surface area contributed by atoms with Crippen molar-refractivity contribution in [2.24, 2.45) is 0 Å². The smallest absolute Gasteiger partial charge is 0.223 e. The second-order valence-electron chi connectivity index (χ2n) is 8.62. The first-order chi connectivity index (χ1) is 15.9. The Morgan fingerprint density at radius 3 is 2.85 bits per heavy atom. The molecule has 1 fully saturated rings. The molecule has 4 aromatic rings. The van der Waals surface area contributed by atoms with E-state index in [9.17, 15) is 9.50 Å². The van der Waals surface area contributed by atoms with Crippen LogP contribution >= 0.6 is 0 Å². The summed E-state index contributed by atoms with van der Waals surface area (Å²) in [6.07, 6.45) is 5.19. The molecule has 1 saturated heterocycles. The Labute approximate surface area is 189 Å². The van der Waals surface area contributed by atoms with Crippen molar-refractivity contribution in [3.63, 3.8) is 0 Å². The van der Waals surface area contributed by atoms with Crippen LogP contribution in [0, 0.1) is 5.82 Å². The summed E-state index contributed by atoms with van der Waals surface area (Å²) in [6.45, 7) is 5.31. The summed E-state index contributed by atoms with van der Waals surface area (Å²) in [5.41, 5.74) is 8.12. The maximum absolute atomic E-state index is 14.4. The number of nitrogens with two attached hydrogens (primary N) is 1. The highest BCUT2D eigenvalue weighted by molar-refractivity contribution is 5.93. The molecular weight excluding hydrogens is 427 g/mol. The normalized spacial score (nSPS) is 18.7. The fourth-order valence-corrected chi connectivity index (χ4v) is 4.33. The van der Waals surface area contributed by atoms with Crippen molar-refractivity contribution in [1.82, 2.24) is 29.4 Å². The van der Waals surface area contributed by atoms with Crippen LogP contribution in [0.4, 0.5) is 16.0 Å². The number of rotatable bonds is 5. The van der Waals surface area contributed by atoms with E-state index in [-0.39, 0.29) is 23.7 Å². The summed E-state index contributed by atoms with van der Waals surface area (Å²) in [7, 11) is 1.41. The second kappa shape index (κ2) is 8.14. The predicted molar refractivity (Wildman–Crippen MR) is 122 cm³/mol. The molecule has 0 radical (unpaired) electrons. The van der Waals surface area contributed by atoms with Gasteiger partial charge in [0.15, 0.2) is 23.0 Å². The van der Waals surface area contributed by atoms with Crippen LogP contribution in [-0.2, 0) is 0 Å². The zero-order valence-electron chi connectivity index (χ0n) is 18.8. The topological polar surface area (TPSA) is 120 Å². The highest BCUT2D eigenvalue weighted by Gasteiger charge is 2.27. The van der Waals surface area contributed by atoms with E-state index >= 15 is 0 Å². The summed E-state index contributed by atoms with van der Waals surface area (Å²) in [6, 6.07) is 2.77.